The first-order valence-electron chi connectivity index (χ1n) is 8.03. The molecular weight excluding hydrogens is 296 g/mol. The molecule has 0 spiro atoms. The Bertz CT molecular complexity index is 618. The molecule has 3 atom stereocenters. The number of hydrogen-bond acceptors (Lipinski definition) is 4. The molecule has 3 unspecified atom stereocenters. The maximum atomic E-state index is 12.4. The minimum Gasteiger partial charge on any atom is -0.444 e. The van der Waals surface area contributed by atoms with Gasteiger partial charge >= 0.3 is 6.09 Å². The number of nitrogens with one attached hydrogen (secondary N) is 1. The third kappa shape index (κ3) is 4.58. The van der Waals surface area contributed by atoms with Crippen molar-refractivity contribution in [2.24, 2.45) is 0 Å². The third-order valence-electron chi connectivity index (χ3n) is 4.01. The van der Waals surface area contributed by atoms with Gasteiger partial charge in [-0.2, -0.15) is 0 Å². The van der Waals surface area contributed by atoms with E-state index in [2.05, 4.69) is 5.32 Å². The molecule has 23 heavy (non-hydrogen) atoms. The lowest BCUT2D eigenvalue weighted by Gasteiger charge is -2.36. The molecule has 0 aliphatic heterocycles. The van der Waals surface area contributed by atoms with Crippen molar-refractivity contribution in [1.29, 1.82) is 0 Å². The van der Waals surface area contributed by atoms with Gasteiger partial charge in [0.15, 0.2) is 0 Å². The highest BCUT2D eigenvalue weighted by Gasteiger charge is 2.33. The number of aryl methyl sites for hydroxylation is 1. The molecule has 0 radical (unpaired) electrons. The van der Waals surface area contributed by atoms with Gasteiger partial charge in [0.2, 0.25) is 0 Å². The normalized spacial score (nSPS) is 25.0. The van der Waals surface area contributed by atoms with Crippen LogP contribution in [0.2, 0.25) is 0 Å². The van der Waals surface area contributed by atoms with Crippen molar-refractivity contribution in [2.75, 3.05) is 0 Å². The van der Waals surface area contributed by atoms with E-state index < -0.39 is 17.8 Å². The average molecular weight is 322 g/mol. The molecule has 1 aromatic heterocycles. The van der Waals surface area contributed by atoms with Crippen LogP contribution in [0.4, 0.5) is 4.79 Å². The van der Waals surface area contributed by atoms with Crippen LogP contribution in [0.25, 0.3) is 0 Å². The second kappa shape index (κ2) is 6.74. The van der Waals surface area contributed by atoms with Gasteiger partial charge in [0.05, 0.1) is 18.2 Å². The van der Waals surface area contributed by atoms with Crippen LogP contribution in [0, 0.1) is 6.92 Å². The smallest absolute Gasteiger partial charge is 0.407 e. The van der Waals surface area contributed by atoms with Crippen LogP contribution < -0.4 is 10.9 Å². The van der Waals surface area contributed by atoms with Gasteiger partial charge in [-0.25, -0.2) is 4.79 Å². The van der Waals surface area contributed by atoms with E-state index in [4.69, 9.17) is 4.74 Å². The summed E-state index contributed by atoms with van der Waals surface area (Å²) in [5.74, 6) is 0. The number of hydrogen-bond donors (Lipinski definition) is 2. The highest BCUT2D eigenvalue weighted by atomic mass is 16.6. The first-order valence-corrected chi connectivity index (χ1v) is 8.03. The Labute approximate surface area is 136 Å². The van der Waals surface area contributed by atoms with Crippen molar-refractivity contribution in [3.63, 3.8) is 0 Å². The van der Waals surface area contributed by atoms with Gasteiger partial charge in [0.25, 0.3) is 5.56 Å². The van der Waals surface area contributed by atoms with Crippen molar-refractivity contribution in [3.05, 3.63) is 34.2 Å². The molecule has 1 aliphatic carbocycles. The molecule has 1 saturated carbocycles. The number of rotatable bonds is 2. The largest absolute Gasteiger partial charge is 0.444 e. The SMILES string of the molecule is Cc1cccn(C2CC(O)CCC2NC(=O)OC(C)(C)C)c1=O. The zero-order valence-corrected chi connectivity index (χ0v) is 14.2. The molecule has 6 nitrogen and oxygen atoms in total. The van der Waals surface area contributed by atoms with E-state index in [-0.39, 0.29) is 17.6 Å². The lowest BCUT2D eigenvalue weighted by Crippen LogP contribution is -2.49. The monoisotopic (exact) mass is 322 g/mol. The summed E-state index contributed by atoms with van der Waals surface area (Å²) in [5.41, 5.74) is -0.0281. The molecule has 1 aliphatic rings. The first kappa shape index (κ1) is 17.5. The molecule has 2 rings (SSSR count). The van der Waals surface area contributed by atoms with Gasteiger partial charge in [0.1, 0.15) is 5.60 Å². The van der Waals surface area contributed by atoms with Crippen LogP contribution in [0.3, 0.4) is 0 Å². The van der Waals surface area contributed by atoms with Crippen molar-refractivity contribution in [1.82, 2.24) is 9.88 Å². The minimum absolute atomic E-state index is 0.0948. The summed E-state index contributed by atoms with van der Waals surface area (Å²) in [6, 6.07) is 3.04. The Morgan fingerprint density at radius 1 is 1.39 bits per heavy atom. The van der Waals surface area contributed by atoms with E-state index in [9.17, 15) is 14.7 Å². The van der Waals surface area contributed by atoms with E-state index in [1.54, 1.807) is 44.5 Å². The Morgan fingerprint density at radius 2 is 2.09 bits per heavy atom. The quantitative estimate of drug-likeness (QED) is 0.874. The standard InChI is InChI=1S/C17H26N2O4/c1-11-6-5-9-19(15(11)21)14-10-12(20)7-8-13(14)18-16(22)23-17(2,3)4/h5-6,9,12-14,20H,7-8,10H2,1-4H3,(H,18,22). The van der Waals surface area contributed by atoms with Crippen molar-refractivity contribution >= 4 is 6.09 Å². The van der Waals surface area contributed by atoms with Crippen molar-refractivity contribution in [3.8, 4) is 0 Å². The van der Waals surface area contributed by atoms with E-state index in [1.165, 1.54) is 0 Å². The Kier molecular flexibility index (Phi) is 5.14. The van der Waals surface area contributed by atoms with E-state index >= 15 is 0 Å². The second-order valence-corrected chi connectivity index (χ2v) is 7.19. The van der Waals surface area contributed by atoms with Crippen LogP contribution in [0.5, 0.6) is 0 Å². The number of ether oxygens (including phenoxy) is 1. The molecule has 0 saturated heterocycles. The molecular formula is C17H26N2O4. The summed E-state index contributed by atoms with van der Waals surface area (Å²) in [4.78, 5) is 24.4. The molecule has 128 valence electrons. The summed E-state index contributed by atoms with van der Waals surface area (Å²) in [6.45, 7) is 7.17. The molecule has 2 N–H and O–H groups in total. The summed E-state index contributed by atoms with van der Waals surface area (Å²) >= 11 is 0. The van der Waals surface area contributed by atoms with Crippen LogP contribution in [0.1, 0.15) is 51.6 Å². The predicted octanol–water partition coefficient (Wildman–Crippen LogP) is 2.14. The highest BCUT2D eigenvalue weighted by Crippen LogP contribution is 2.28. The number of aliphatic hydroxyl groups is 1. The van der Waals surface area contributed by atoms with E-state index in [0.29, 0.717) is 24.8 Å². The van der Waals surface area contributed by atoms with E-state index in [1.807, 2.05) is 6.07 Å². The number of aliphatic hydroxyl groups excluding tert-OH is 1. The van der Waals surface area contributed by atoms with E-state index in [0.717, 1.165) is 0 Å². The lowest BCUT2D eigenvalue weighted by atomic mass is 9.88. The second-order valence-electron chi connectivity index (χ2n) is 7.19. The molecule has 1 heterocycles. The molecule has 0 bridgehead atoms. The molecule has 1 amide bonds. The Hall–Kier alpha value is -1.82. The number of carbonyl (C=O) groups is 1. The Morgan fingerprint density at radius 3 is 2.74 bits per heavy atom. The number of aromatic nitrogens is 1. The summed E-state index contributed by atoms with van der Waals surface area (Å²) in [6.07, 6.45) is 2.38. The van der Waals surface area contributed by atoms with Gasteiger partial charge in [-0.15, -0.1) is 0 Å². The van der Waals surface area contributed by atoms with Gasteiger partial charge in [0, 0.05) is 11.8 Å². The fraction of sp³-hybridized carbons (Fsp3) is 0.647. The molecule has 1 aromatic rings. The fourth-order valence-electron chi connectivity index (χ4n) is 2.94. The Balaban J connectivity index is 2.21. The van der Waals surface area contributed by atoms with Gasteiger partial charge in [-0.3, -0.25) is 4.79 Å². The van der Waals surface area contributed by atoms with Crippen molar-refractivity contribution < 1.29 is 14.6 Å². The number of pyridine rings is 1. The maximum absolute atomic E-state index is 12.4. The summed E-state index contributed by atoms with van der Waals surface area (Å²) in [5, 5.41) is 12.8. The number of nitrogens with zero attached hydrogens (tertiary/aromatic N) is 1. The highest BCUT2D eigenvalue weighted by molar-refractivity contribution is 5.68. The summed E-state index contributed by atoms with van der Waals surface area (Å²) < 4.78 is 6.92. The number of carbonyl (C=O) groups excluding carboxylic acids is 1. The van der Waals surface area contributed by atoms with Crippen LogP contribution in [0.15, 0.2) is 23.1 Å². The predicted molar refractivity (Wildman–Crippen MR) is 87.5 cm³/mol. The van der Waals surface area contributed by atoms with Gasteiger partial charge < -0.3 is 19.7 Å². The minimum atomic E-state index is -0.575. The molecule has 1 fully saturated rings. The third-order valence-corrected chi connectivity index (χ3v) is 4.01. The fourth-order valence-corrected chi connectivity index (χ4v) is 2.94. The maximum Gasteiger partial charge on any atom is 0.407 e. The van der Waals surface area contributed by atoms with Crippen molar-refractivity contribution in [2.45, 2.75) is 70.7 Å². The summed E-state index contributed by atoms with van der Waals surface area (Å²) in [7, 11) is 0. The average Bonchev–Trinajstić information content (AvgIpc) is 2.42. The lowest BCUT2D eigenvalue weighted by molar-refractivity contribution is 0.0394. The first-order chi connectivity index (χ1) is 10.7. The number of alkyl carbamates (subject to hydrolysis) is 1. The topological polar surface area (TPSA) is 80.6 Å². The molecule has 0 aromatic carbocycles. The number of amides is 1. The molecule has 6 heteroatoms. The van der Waals surface area contributed by atoms with Gasteiger partial charge in [-0.1, -0.05) is 6.07 Å². The zero-order valence-electron chi connectivity index (χ0n) is 14.2. The van der Waals surface area contributed by atoms with Gasteiger partial charge in [-0.05, 0) is 53.0 Å². The van der Waals surface area contributed by atoms with Crippen LogP contribution in [-0.2, 0) is 4.74 Å². The zero-order chi connectivity index (χ0) is 17.2. The van der Waals surface area contributed by atoms with Crippen LogP contribution >= 0.6 is 0 Å². The van der Waals surface area contributed by atoms with Crippen LogP contribution in [-0.4, -0.2) is 33.5 Å².